The molecule has 0 amide bonds. The van der Waals surface area contributed by atoms with Crippen molar-refractivity contribution in [1.29, 1.82) is 0 Å². The molecule has 0 saturated carbocycles. The third-order valence-electron chi connectivity index (χ3n) is 13.2. The molecule has 0 aliphatic carbocycles. The van der Waals surface area contributed by atoms with E-state index in [0.29, 0.717) is 0 Å². The summed E-state index contributed by atoms with van der Waals surface area (Å²) < 4.78 is 6.36. The number of para-hydroxylation sites is 4. The summed E-state index contributed by atoms with van der Waals surface area (Å²) in [6.45, 7) is 0. The molecule has 0 N–H and O–H groups in total. The lowest BCUT2D eigenvalue weighted by Gasteiger charge is -2.31. The highest BCUT2D eigenvalue weighted by Crippen LogP contribution is 2.47. The first-order valence-electron chi connectivity index (χ1n) is 21.3. The quantitative estimate of drug-likeness (QED) is 0.156. The van der Waals surface area contributed by atoms with Gasteiger partial charge >= 0.3 is 0 Å². The van der Waals surface area contributed by atoms with Crippen molar-refractivity contribution < 1.29 is 4.42 Å². The molecule has 10 aromatic carbocycles. The molecule has 2 aliphatic heterocycles. The van der Waals surface area contributed by atoms with Gasteiger partial charge in [-0.15, -0.1) is 0 Å². The van der Waals surface area contributed by atoms with E-state index in [2.05, 4.69) is 234 Å². The molecule has 62 heavy (non-hydrogen) atoms. The van der Waals surface area contributed by atoms with Crippen LogP contribution in [0.5, 0.6) is 0 Å². The largest absolute Gasteiger partial charge is 0.456 e. The number of fused-ring (bicyclic) bond motifs is 15. The molecule has 0 atom stereocenters. The Labute approximate surface area is 361 Å². The lowest BCUT2D eigenvalue weighted by atomic mass is 9.95. The lowest BCUT2D eigenvalue weighted by molar-refractivity contribution is 0.669. The SMILES string of the molecule is c1ccc(N(c2ccccc2)c2ccc3c(c2)-c2c(cc(N(c4ccccc4)c4ccc5oc6ccccc6c5c4)c4ccccc24)[Si]32c3ccccc3-c3ccccc32)cc1. The summed E-state index contributed by atoms with van der Waals surface area (Å²) >= 11 is 0. The second-order valence-corrected chi connectivity index (χ2v) is 20.0. The Morgan fingerprint density at radius 2 is 0.774 bits per heavy atom. The van der Waals surface area contributed by atoms with Crippen LogP contribution in [0.2, 0.25) is 0 Å². The molecule has 3 heterocycles. The number of benzene rings is 10. The predicted octanol–water partition coefficient (Wildman–Crippen LogP) is 13.0. The molecule has 0 fully saturated rings. The topological polar surface area (TPSA) is 19.6 Å². The van der Waals surface area contributed by atoms with Crippen LogP contribution in [-0.2, 0) is 0 Å². The zero-order valence-corrected chi connectivity index (χ0v) is 34.7. The summed E-state index contributed by atoms with van der Waals surface area (Å²) in [5.74, 6) is 0. The van der Waals surface area contributed by atoms with E-state index < -0.39 is 8.07 Å². The van der Waals surface area contributed by atoms with Crippen molar-refractivity contribution in [2.45, 2.75) is 0 Å². The maximum absolute atomic E-state index is 6.36. The maximum Gasteiger partial charge on any atom is 0.182 e. The number of nitrogens with zero attached hydrogens (tertiary/aromatic N) is 2. The van der Waals surface area contributed by atoms with Gasteiger partial charge in [0.25, 0.3) is 0 Å². The molecule has 13 rings (SSSR count). The standard InChI is InChI=1S/C58H38N2OSi/c1-4-18-39(19-5-1)59(40-20-6-2-7-21-40)42-33-35-56-50(37-42)58-48-28-11-10-24-44(48)51(38-57(58)62(56)54-30-16-13-26-46(54)47-27-14-17-31-55(47)62)60(41-22-8-3-9-23-41)43-32-34-53-49(36-43)45-25-12-15-29-52(45)61-53/h1-38H. The first kappa shape index (κ1) is 34.9. The van der Waals surface area contributed by atoms with Crippen molar-refractivity contribution in [2.24, 2.45) is 0 Å². The molecule has 4 heteroatoms. The molecular formula is C58H38N2OSi. The fourth-order valence-electron chi connectivity index (χ4n) is 10.8. The highest BCUT2D eigenvalue weighted by molar-refractivity contribution is 7.24. The van der Waals surface area contributed by atoms with Crippen molar-refractivity contribution in [3.05, 3.63) is 231 Å². The Morgan fingerprint density at radius 1 is 0.290 bits per heavy atom. The highest BCUT2D eigenvalue weighted by Gasteiger charge is 2.54. The molecule has 2 aliphatic rings. The smallest absolute Gasteiger partial charge is 0.182 e. The van der Waals surface area contributed by atoms with E-state index in [0.717, 1.165) is 56.1 Å². The van der Waals surface area contributed by atoms with E-state index in [4.69, 9.17) is 4.42 Å². The van der Waals surface area contributed by atoms with E-state index in [1.54, 1.807) is 0 Å². The van der Waals surface area contributed by atoms with Gasteiger partial charge in [-0.2, -0.15) is 0 Å². The van der Waals surface area contributed by atoms with Gasteiger partial charge in [-0.05, 0) is 127 Å². The van der Waals surface area contributed by atoms with Crippen LogP contribution < -0.4 is 30.5 Å². The fraction of sp³-hybridized carbons (Fsp3) is 0. The second kappa shape index (κ2) is 13.5. The minimum Gasteiger partial charge on any atom is -0.456 e. The Kier molecular flexibility index (Phi) is 7.62. The van der Waals surface area contributed by atoms with Crippen molar-refractivity contribution in [3.8, 4) is 22.3 Å². The first-order valence-corrected chi connectivity index (χ1v) is 23.3. The normalized spacial score (nSPS) is 13.0. The zero-order chi connectivity index (χ0) is 40.8. The van der Waals surface area contributed by atoms with Crippen LogP contribution in [0.3, 0.4) is 0 Å². The van der Waals surface area contributed by atoms with Crippen LogP contribution in [-0.4, -0.2) is 8.07 Å². The first-order chi connectivity index (χ1) is 30.8. The molecule has 1 aromatic heterocycles. The van der Waals surface area contributed by atoms with Crippen LogP contribution in [0, 0.1) is 0 Å². The van der Waals surface area contributed by atoms with Crippen molar-refractivity contribution in [3.63, 3.8) is 0 Å². The average Bonchev–Trinajstić information content (AvgIpc) is 3.96. The monoisotopic (exact) mass is 806 g/mol. The van der Waals surface area contributed by atoms with Crippen LogP contribution >= 0.6 is 0 Å². The van der Waals surface area contributed by atoms with Gasteiger partial charge in [-0.1, -0.05) is 152 Å². The maximum atomic E-state index is 6.36. The summed E-state index contributed by atoms with van der Waals surface area (Å²) in [6, 6.07) is 84.9. The van der Waals surface area contributed by atoms with Gasteiger partial charge in [-0.3, -0.25) is 0 Å². The summed E-state index contributed by atoms with van der Waals surface area (Å²) in [4.78, 5) is 4.87. The van der Waals surface area contributed by atoms with Crippen LogP contribution in [0.1, 0.15) is 0 Å². The van der Waals surface area contributed by atoms with Gasteiger partial charge < -0.3 is 14.2 Å². The fourth-order valence-corrected chi connectivity index (χ4v) is 16.4. The van der Waals surface area contributed by atoms with Gasteiger partial charge in [-0.25, -0.2) is 0 Å². The Bertz CT molecular complexity index is 3460. The van der Waals surface area contributed by atoms with E-state index in [1.807, 2.05) is 6.07 Å². The Morgan fingerprint density at radius 3 is 1.44 bits per heavy atom. The van der Waals surface area contributed by atoms with E-state index >= 15 is 0 Å². The predicted molar refractivity (Wildman–Crippen MR) is 262 cm³/mol. The van der Waals surface area contributed by atoms with Gasteiger partial charge in [0.2, 0.25) is 0 Å². The van der Waals surface area contributed by atoms with Gasteiger partial charge in [0.1, 0.15) is 11.2 Å². The number of rotatable bonds is 6. The summed E-state index contributed by atoms with van der Waals surface area (Å²) in [5.41, 5.74) is 13.9. The van der Waals surface area contributed by atoms with Crippen LogP contribution in [0.4, 0.5) is 34.1 Å². The second-order valence-electron chi connectivity index (χ2n) is 16.4. The Balaban J connectivity index is 1.14. The molecule has 1 spiro atoms. The molecule has 11 aromatic rings. The zero-order valence-electron chi connectivity index (χ0n) is 33.7. The van der Waals surface area contributed by atoms with Crippen LogP contribution in [0.15, 0.2) is 235 Å². The molecule has 0 bridgehead atoms. The molecule has 3 nitrogen and oxygen atoms in total. The summed E-state index contributed by atoms with van der Waals surface area (Å²) in [7, 11) is -2.89. The van der Waals surface area contributed by atoms with E-state index in [-0.39, 0.29) is 0 Å². The van der Waals surface area contributed by atoms with Crippen molar-refractivity contribution in [2.75, 3.05) is 9.80 Å². The van der Waals surface area contributed by atoms with Gasteiger partial charge in [0.15, 0.2) is 8.07 Å². The minimum absolute atomic E-state index is 0.888. The number of anilines is 6. The van der Waals surface area contributed by atoms with E-state index in [1.165, 1.54) is 53.8 Å². The van der Waals surface area contributed by atoms with Gasteiger partial charge in [0, 0.05) is 44.6 Å². The van der Waals surface area contributed by atoms with Crippen molar-refractivity contribution in [1.82, 2.24) is 0 Å². The summed E-state index contributed by atoms with van der Waals surface area (Å²) in [5, 5.41) is 10.5. The molecule has 0 saturated heterocycles. The third-order valence-corrected chi connectivity index (χ3v) is 18.2. The number of furan rings is 1. The van der Waals surface area contributed by atoms with Gasteiger partial charge in [0.05, 0.1) is 5.69 Å². The number of hydrogen-bond donors (Lipinski definition) is 0. The Hall–Kier alpha value is -7.92. The van der Waals surface area contributed by atoms with Crippen LogP contribution in [0.25, 0.3) is 55.0 Å². The highest BCUT2D eigenvalue weighted by atomic mass is 28.3. The molecular weight excluding hydrogens is 769 g/mol. The van der Waals surface area contributed by atoms with Crippen molar-refractivity contribution >= 4 is 95.7 Å². The molecule has 290 valence electrons. The van der Waals surface area contributed by atoms with E-state index in [9.17, 15) is 0 Å². The minimum atomic E-state index is -2.89. The summed E-state index contributed by atoms with van der Waals surface area (Å²) in [6.07, 6.45) is 0. The third kappa shape index (κ3) is 4.93. The lowest BCUT2D eigenvalue weighted by Crippen LogP contribution is -2.70. The molecule has 0 unspecified atom stereocenters. The average molecular weight is 807 g/mol. The molecule has 0 radical (unpaired) electrons. The number of hydrogen-bond acceptors (Lipinski definition) is 3.